The highest BCUT2D eigenvalue weighted by atomic mass is 16.6. The van der Waals surface area contributed by atoms with E-state index in [4.69, 9.17) is 19.7 Å². The van der Waals surface area contributed by atoms with Gasteiger partial charge in [-0.2, -0.15) is 0 Å². The van der Waals surface area contributed by atoms with E-state index >= 15 is 0 Å². The van der Waals surface area contributed by atoms with Crippen LogP contribution >= 0.6 is 0 Å². The van der Waals surface area contributed by atoms with Crippen LogP contribution in [-0.2, 0) is 19.1 Å². The molecule has 2 unspecified atom stereocenters. The molecule has 0 aromatic heterocycles. The molecule has 1 aromatic rings. The van der Waals surface area contributed by atoms with Crippen LogP contribution in [0.2, 0.25) is 0 Å². The van der Waals surface area contributed by atoms with E-state index in [0.29, 0.717) is 0 Å². The first-order chi connectivity index (χ1) is 12.4. The second-order valence-electron chi connectivity index (χ2n) is 4.90. The second kappa shape index (κ2) is 10.0. The molecule has 0 fully saturated rings. The summed E-state index contributed by atoms with van der Waals surface area (Å²) in [5.74, 6) is -4.07. The van der Waals surface area contributed by atoms with Gasteiger partial charge in [0.1, 0.15) is 0 Å². The van der Waals surface area contributed by atoms with Gasteiger partial charge in [-0.3, -0.25) is 9.59 Å². The van der Waals surface area contributed by atoms with Gasteiger partial charge in [0, 0.05) is 0 Å². The topological polar surface area (TPSA) is 127 Å². The Morgan fingerprint density at radius 2 is 1.54 bits per heavy atom. The van der Waals surface area contributed by atoms with Crippen LogP contribution in [0.5, 0.6) is 0 Å². The molecule has 0 aliphatic rings. The van der Waals surface area contributed by atoms with Crippen molar-refractivity contribution in [1.29, 1.82) is 0 Å². The van der Waals surface area contributed by atoms with Crippen LogP contribution in [0.3, 0.4) is 0 Å². The first-order valence-electron chi connectivity index (χ1n) is 7.45. The fourth-order valence-electron chi connectivity index (χ4n) is 2.03. The lowest BCUT2D eigenvalue weighted by atomic mass is 10.0. The van der Waals surface area contributed by atoms with Crippen molar-refractivity contribution in [3.8, 4) is 0 Å². The molecule has 0 bridgehead atoms. The molecule has 2 atom stereocenters. The minimum atomic E-state index is -1.71. The van der Waals surface area contributed by atoms with Crippen molar-refractivity contribution in [1.82, 2.24) is 0 Å². The Hall–Kier alpha value is -3.10. The highest BCUT2D eigenvalue weighted by Crippen LogP contribution is 2.16. The number of carboxylic acid groups (broad SMARTS) is 1. The summed E-state index contributed by atoms with van der Waals surface area (Å²) < 4.78 is 10.2. The normalized spacial score (nSPS) is 12.5. The molecule has 0 aliphatic heterocycles. The summed E-state index contributed by atoms with van der Waals surface area (Å²) >= 11 is 0. The Balaban J connectivity index is 3.21. The van der Waals surface area contributed by atoms with Crippen molar-refractivity contribution in [2.24, 2.45) is 0 Å². The largest absolute Gasteiger partial charge is 0.478 e. The Bertz CT molecular complexity index is 722. The summed E-state index contributed by atoms with van der Waals surface area (Å²) in [7, 11) is 0. The minimum Gasteiger partial charge on any atom is -0.478 e. The Morgan fingerprint density at radius 1 is 1.00 bits per heavy atom. The van der Waals surface area contributed by atoms with Crippen LogP contribution in [-0.4, -0.2) is 59.1 Å². The van der Waals surface area contributed by atoms with E-state index in [0.717, 1.165) is 12.2 Å². The van der Waals surface area contributed by atoms with E-state index < -0.39 is 42.3 Å². The van der Waals surface area contributed by atoms with E-state index in [1.807, 2.05) is 0 Å². The fraction of sp³-hybridized carbons (Fsp3) is 0.222. The zero-order chi connectivity index (χ0) is 19.7. The highest BCUT2D eigenvalue weighted by molar-refractivity contribution is 6.06. The third-order valence-electron chi connectivity index (χ3n) is 3.24. The number of aliphatic hydroxyl groups is 1. The number of ether oxygens (including phenoxy) is 2. The summed E-state index contributed by atoms with van der Waals surface area (Å²) in [5, 5.41) is 18.0. The number of benzene rings is 1. The summed E-state index contributed by atoms with van der Waals surface area (Å²) in [6.07, 6.45) is -1.54. The average Bonchev–Trinajstić information content (AvgIpc) is 2.65. The smallest absolute Gasteiger partial charge is 0.339 e. The summed E-state index contributed by atoms with van der Waals surface area (Å²) in [4.78, 5) is 47.7. The first-order valence-corrected chi connectivity index (χ1v) is 7.45. The van der Waals surface area contributed by atoms with Crippen LogP contribution < -0.4 is 0 Å². The SMILES string of the molecule is C=CC(=O)C(OCCO)C(OC(=O)c1ccccc1C(=O)O)C(=O)C=C. The van der Waals surface area contributed by atoms with Crippen LogP contribution in [0, 0.1) is 0 Å². The zero-order valence-electron chi connectivity index (χ0n) is 13.8. The van der Waals surface area contributed by atoms with Crippen LogP contribution in [0.25, 0.3) is 0 Å². The van der Waals surface area contributed by atoms with Gasteiger partial charge < -0.3 is 19.7 Å². The molecule has 0 saturated carbocycles. The number of hydrogen-bond acceptors (Lipinski definition) is 7. The van der Waals surface area contributed by atoms with Gasteiger partial charge in [-0.15, -0.1) is 0 Å². The molecule has 26 heavy (non-hydrogen) atoms. The van der Waals surface area contributed by atoms with Crippen molar-refractivity contribution in [2.75, 3.05) is 13.2 Å². The fourth-order valence-corrected chi connectivity index (χ4v) is 2.03. The molecule has 0 amide bonds. The maximum Gasteiger partial charge on any atom is 0.339 e. The number of carbonyl (C=O) groups excluding carboxylic acids is 3. The maximum atomic E-state index is 12.4. The van der Waals surface area contributed by atoms with E-state index in [9.17, 15) is 19.2 Å². The quantitative estimate of drug-likeness (QED) is 0.437. The predicted octanol–water partition coefficient (Wildman–Crippen LogP) is 0.798. The minimum absolute atomic E-state index is 0.297. The second-order valence-corrected chi connectivity index (χ2v) is 4.90. The number of carboxylic acids is 1. The van der Waals surface area contributed by atoms with Crippen LogP contribution in [0.4, 0.5) is 0 Å². The molecule has 0 spiro atoms. The molecule has 0 radical (unpaired) electrons. The molecule has 8 nitrogen and oxygen atoms in total. The van der Waals surface area contributed by atoms with Crippen LogP contribution in [0.15, 0.2) is 49.6 Å². The predicted molar refractivity (Wildman–Crippen MR) is 89.8 cm³/mol. The van der Waals surface area contributed by atoms with Crippen LogP contribution in [0.1, 0.15) is 20.7 Å². The number of esters is 1. The van der Waals surface area contributed by atoms with Gasteiger partial charge in [-0.25, -0.2) is 9.59 Å². The number of aliphatic hydroxyl groups excluding tert-OH is 1. The molecule has 0 heterocycles. The molecule has 0 saturated heterocycles. The van der Waals surface area contributed by atoms with E-state index in [2.05, 4.69) is 13.2 Å². The summed E-state index contributed by atoms with van der Waals surface area (Å²) in [6, 6.07) is 5.24. The van der Waals surface area contributed by atoms with E-state index in [1.165, 1.54) is 24.3 Å². The lowest BCUT2D eigenvalue weighted by Crippen LogP contribution is -2.44. The number of ketones is 2. The first kappa shape index (κ1) is 20.9. The molecule has 1 aromatic carbocycles. The Kier molecular flexibility index (Phi) is 8.07. The molecular formula is C18H18O8. The van der Waals surface area contributed by atoms with Gasteiger partial charge >= 0.3 is 11.9 Å². The van der Waals surface area contributed by atoms with Gasteiger partial charge in [-0.1, -0.05) is 25.3 Å². The summed E-state index contributed by atoms with van der Waals surface area (Å²) in [5.41, 5.74) is -0.626. The molecule has 8 heteroatoms. The monoisotopic (exact) mass is 362 g/mol. The third kappa shape index (κ3) is 5.20. The number of rotatable bonds is 11. The molecule has 138 valence electrons. The number of hydrogen-bond donors (Lipinski definition) is 2. The zero-order valence-corrected chi connectivity index (χ0v) is 13.8. The Morgan fingerprint density at radius 3 is 2.04 bits per heavy atom. The maximum absolute atomic E-state index is 12.4. The van der Waals surface area contributed by atoms with Gasteiger partial charge in [0.05, 0.1) is 24.3 Å². The molecule has 2 N–H and O–H groups in total. The van der Waals surface area contributed by atoms with Gasteiger partial charge in [0.2, 0.25) is 0 Å². The lowest BCUT2D eigenvalue weighted by Gasteiger charge is -2.23. The lowest BCUT2D eigenvalue weighted by molar-refractivity contribution is -0.144. The van der Waals surface area contributed by atoms with Gasteiger partial charge in [-0.05, 0) is 24.3 Å². The van der Waals surface area contributed by atoms with Crippen molar-refractivity contribution in [3.05, 3.63) is 60.7 Å². The molecule has 1 rings (SSSR count). The van der Waals surface area contributed by atoms with Crippen molar-refractivity contribution in [2.45, 2.75) is 12.2 Å². The molecular weight excluding hydrogens is 344 g/mol. The Labute approximate surface area is 149 Å². The average molecular weight is 362 g/mol. The molecule has 0 aliphatic carbocycles. The standard InChI is InChI=1S/C18H18O8/c1-3-13(20)15(25-10-9-19)16(14(21)4-2)26-18(24)12-8-6-5-7-11(12)17(22)23/h3-8,15-16,19H,1-2,9-10H2,(H,22,23). The van der Waals surface area contributed by atoms with Crippen molar-refractivity contribution < 1.29 is 38.9 Å². The number of carbonyl (C=O) groups is 4. The summed E-state index contributed by atoms with van der Waals surface area (Å²) in [6.45, 7) is 5.83. The van der Waals surface area contributed by atoms with E-state index in [-0.39, 0.29) is 17.7 Å². The van der Waals surface area contributed by atoms with Gasteiger partial charge in [0.15, 0.2) is 23.8 Å². The third-order valence-corrected chi connectivity index (χ3v) is 3.24. The van der Waals surface area contributed by atoms with E-state index in [1.54, 1.807) is 0 Å². The van der Waals surface area contributed by atoms with Crippen molar-refractivity contribution in [3.63, 3.8) is 0 Å². The van der Waals surface area contributed by atoms with Gasteiger partial charge in [0.25, 0.3) is 0 Å². The number of aromatic carboxylic acids is 1. The van der Waals surface area contributed by atoms with Crippen molar-refractivity contribution >= 4 is 23.5 Å². The highest BCUT2D eigenvalue weighted by Gasteiger charge is 2.36.